The molecule has 126 valence electrons. The van der Waals surface area contributed by atoms with Crippen LogP contribution in [0.3, 0.4) is 0 Å². The van der Waals surface area contributed by atoms with Gasteiger partial charge in [0.1, 0.15) is 23.7 Å². The Morgan fingerprint density at radius 1 is 1.33 bits per heavy atom. The van der Waals surface area contributed by atoms with E-state index in [2.05, 4.69) is 22.2 Å². The molecule has 24 heavy (non-hydrogen) atoms. The van der Waals surface area contributed by atoms with E-state index in [1.165, 1.54) is 18.5 Å². The number of benzene rings is 1. The second-order valence-electron chi connectivity index (χ2n) is 6.27. The third-order valence-electron chi connectivity index (χ3n) is 4.22. The van der Waals surface area contributed by atoms with Gasteiger partial charge in [0, 0.05) is 25.7 Å². The molecular formula is C18H21FN4O. The molecule has 0 spiro atoms. The first-order valence-corrected chi connectivity index (χ1v) is 8.21. The number of rotatable bonds is 4. The minimum atomic E-state index is -0.260. The van der Waals surface area contributed by atoms with Crippen molar-refractivity contribution in [2.45, 2.75) is 26.3 Å². The third kappa shape index (κ3) is 4.07. The zero-order chi connectivity index (χ0) is 16.9. The molecule has 0 saturated carbocycles. The van der Waals surface area contributed by atoms with Crippen molar-refractivity contribution in [2.75, 3.05) is 18.4 Å². The fraction of sp³-hybridized carbons (Fsp3) is 0.389. The number of hydrogen-bond acceptors (Lipinski definition) is 4. The highest BCUT2D eigenvalue weighted by molar-refractivity contribution is 5.93. The van der Waals surface area contributed by atoms with Gasteiger partial charge in [-0.05, 0) is 36.5 Å². The number of carbonyl (C=O) groups excluding carboxylic acids is 1. The van der Waals surface area contributed by atoms with Crippen molar-refractivity contribution >= 4 is 11.7 Å². The van der Waals surface area contributed by atoms with E-state index < -0.39 is 0 Å². The maximum absolute atomic E-state index is 12.9. The number of halogens is 1. The molecule has 2 aromatic rings. The van der Waals surface area contributed by atoms with E-state index in [4.69, 9.17) is 0 Å². The van der Waals surface area contributed by atoms with Crippen LogP contribution in [0.1, 0.15) is 35.8 Å². The van der Waals surface area contributed by atoms with Gasteiger partial charge in [-0.3, -0.25) is 4.79 Å². The molecule has 2 heterocycles. The topological polar surface area (TPSA) is 58.1 Å². The summed E-state index contributed by atoms with van der Waals surface area (Å²) in [6, 6.07) is 7.94. The van der Waals surface area contributed by atoms with Gasteiger partial charge in [0.05, 0.1) is 0 Å². The van der Waals surface area contributed by atoms with Gasteiger partial charge in [-0.25, -0.2) is 14.4 Å². The lowest BCUT2D eigenvalue weighted by atomic mass is 10.00. The number of nitrogens with zero attached hydrogens (tertiary/aromatic N) is 3. The Bertz CT molecular complexity index is 704. The Morgan fingerprint density at radius 3 is 2.88 bits per heavy atom. The molecule has 1 unspecified atom stereocenters. The highest BCUT2D eigenvalue weighted by Crippen LogP contribution is 2.18. The van der Waals surface area contributed by atoms with Gasteiger partial charge in [-0.2, -0.15) is 0 Å². The Kier molecular flexibility index (Phi) is 5.03. The number of piperidine rings is 1. The van der Waals surface area contributed by atoms with E-state index >= 15 is 0 Å². The molecule has 1 fully saturated rings. The second-order valence-corrected chi connectivity index (χ2v) is 6.27. The van der Waals surface area contributed by atoms with E-state index in [9.17, 15) is 9.18 Å². The number of aromatic nitrogens is 2. The summed E-state index contributed by atoms with van der Waals surface area (Å²) in [5.74, 6) is 0.807. The number of nitrogens with one attached hydrogen (secondary N) is 1. The standard InChI is InChI=1S/C18H21FN4O/c1-13-3-2-8-23(11-13)18(24)16-9-17(22-12-21-16)20-10-14-4-6-15(19)7-5-14/h4-7,9,12-13H,2-3,8,10-11H2,1H3,(H,20,21,22). The number of anilines is 1. The van der Waals surface area contributed by atoms with E-state index in [0.717, 1.165) is 31.5 Å². The summed E-state index contributed by atoms with van der Waals surface area (Å²) in [5.41, 5.74) is 1.34. The van der Waals surface area contributed by atoms with Crippen LogP contribution in [0.15, 0.2) is 36.7 Å². The first-order valence-electron chi connectivity index (χ1n) is 8.21. The second kappa shape index (κ2) is 7.38. The number of hydrogen-bond donors (Lipinski definition) is 1. The lowest BCUT2D eigenvalue weighted by molar-refractivity contribution is 0.0677. The SMILES string of the molecule is CC1CCCN(C(=O)c2cc(NCc3ccc(F)cc3)ncn2)C1. The maximum Gasteiger partial charge on any atom is 0.272 e. The smallest absolute Gasteiger partial charge is 0.272 e. The molecule has 6 heteroatoms. The van der Waals surface area contributed by atoms with E-state index in [1.807, 2.05) is 4.90 Å². The highest BCUT2D eigenvalue weighted by atomic mass is 19.1. The van der Waals surface area contributed by atoms with Gasteiger partial charge < -0.3 is 10.2 Å². The molecule has 1 aliphatic rings. The Balaban J connectivity index is 1.65. The van der Waals surface area contributed by atoms with Gasteiger partial charge in [0.25, 0.3) is 5.91 Å². The van der Waals surface area contributed by atoms with Gasteiger partial charge in [-0.1, -0.05) is 19.1 Å². The van der Waals surface area contributed by atoms with Crippen LogP contribution in [0.2, 0.25) is 0 Å². The van der Waals surface area contributed by atoms with E-state index in [1.54, 1.807) is 18.2 Å². The van der Waals surface area contributed by atoms with Crippen LogP contribution in [0.4, 0.5) is 10.2 Å². The molecule has 0 bridgehead atoms. The van der Waals surface area contributed by atoms with Crippen LogP contribution in [-0.4, -0.2) is 33.9 Å². The van der Waals surface area contributed by atoms with Crippen molar-refractivity contribution in [1.29, 1.82) is 0 Å². The molecule has 1 saturated heterocycles. The summed E-state index contributed by atoms with van der Waals surface area (Å²) in [5, 5.41) is 3.14. The predicted octanol–water partition coefficient (Wildman–Crippen LogP) is 3.10. The normalized spacial score (nSPS) is 17.6. The van der Waals surface area contributed by atoms with Gasteiger partial charge in [0.2, 0.25) is 0 Å². The zero-order valence-corrected chi connectivity index (χ0v) is 13.7. The minimum Gasteiger partial charge on any atom is -0.366 e. The fourth-order valence-electron chi connectivity index (χ4n) is 2.90. The summed E-state index contributed by atoms with van der Waals surface area (Å²) in [6.07, 6.45) is 3.60. The molecule has 1 amide bonds. The average molecular weight is 328 g/mol. The van der Waals surface area contributed by atoms with Gasteiger partial charge in [-0.15, -0.1) is 0 Å². The monoisotopic (exact) mass is 328 g/mol. The number of likely N-dealkylation sites (tertiary alicyclic amines) is 1. The van der Waals surface area contributed by atoms with Crippen LogP contribution >= 0.6 is 0 Å². The van der Waals surface area contributed by atoms with Crippen LogP contribution in [0, 0.1) is 11.7 Å². The highest BCUT2D eigenvalue weighted by Gasteiger charge is 2.23. The quantitative estimate of drug-likeness (QED) is 0.937. The molecule has 1 N–H and O–H groups in total. The maximum atomic E-state index is 12.9. The van der Waals surface area contributed by atoms with E-state index in [0.29, 0.717) is 24.0 Å². The van der Waals surface area contributed by atoms with Gasteiger partial charge in [0.15, 0.2) is 0 Å². The summed E-state index contributed by atoms with van der Waals surface area (Å²) in [7, 11) is 0. The van der Waals surface area contributed by atoms with Crippen molar-refractivity contribution in [3.05, 3.63) is 53.7 Å². The molecular weight excluding hydrogens is 307 g/mol. The van der Waals surface area contributed by atoms with Gasteiger partial charge >= 0.3 is 0 Å². The molecule has 5 nitrogen and oxygen atoms in total. The van der Waals surface area contributed by atoms with Crippen LogP contribution in [0.25, 0.3) is 0 Å². The summed E-state index contributed by atoms with van der Waals surface area (Å²) in [6.45, 7) is 4.23. The van der Waals surface area contributed by atoms with Crippen LogP contribution < -0.4 is 5.32 Å². The lowest BCUT2D eigenvalue weighted by Crippen LogP contribution is -2.39. The first kappa shape index (κ1) is 16.4. The van der Waals surface area contributed by atoms with Crippen molar-refractivity contribution in [3.8, 4) is 0 Å². The predicted molar refractivity (Wildman–Crippen MR) is 90.1 cm³/mol. The number of carbonyl (C=O) groups is 1. The molecule has 0 aliphatic carbocycles. The molecule has 1 aliphatic heterocycles. The molecule has 1 aromatic carbocycles. The minimum absolute atomic E-state index is 0.0474. The molecule has 0 radical (unpaired) electrons. The molecule has 3 rings (SSSR count). The Hall–Kier alpha value is -2.50. The number of amides is 1. The Labute approximate surface area is 140 Å². The van der Waals surface area contributed by atoms with Crippen molar-refractivity contribution < 1.29 is 9.18 Å². The molecule has 1 aromatic heterocycles. The van der Waals surface area contributed by atoms with Crippen molar-refractivity contribution in [3.63, 3.8) is 0 Å². The third-order valence-corrected chi connectivity index (χ3v) is 4.22. The summed E-state index contributed by atoms with van der Waals surface area (Å²) < 4.78 is 12.9. The van der Waals surface area contributed by atoms with Crippen LogP contribution in [-0.2, 0) is 6.54 Å². The van der Waals surface area contributed by atoms with Crippen molar-refractivity contribution in [2.24, 2.45) is 5.92 Å². The summed E-state index contributed by atoms with van der Waals surface area (Å²) >= 11 is 0. The fourth-order valence-corrected chi connectivity index (χ4v) is 2.90. The largest absolute Gasteiger partial charge is 0.366 e. The Morgan fingerprint density at radius 2 is 2.12 bits per heavy atom. The zero-order valence-electron chi connectivity index (χ0n) is 13.7. The lowest BCUT2D eigenvalue weighted by Gasteiger charge is -2.30. The van der Waals surface area contributed by atoms with E-state index in [-0.39, 0.29) is 11.7 Å². The molecule has 1 atom stereocenters. The van der Waals surface area contributed by atoms with Crippen molar-refractivity contribution in [1.82, 2.24) is 14.9 Å². The average Bonchev–Trinajstić information content (AvgIpc) is 2.61. The van der Waals surface area contributed by atoms with Crippen LogP contribution in [0.5, 0.6) is 0 Å². The summed E-state index contributed by atoms with van der Waals surface area (Å²) in [4.78, 5) is 22.7. The first-order chi connectivity index (χ1) is 11.6.